The molecule has 1 aromatic carbocycles. The van der Waals surface area contributed by atoms with Crippen LogP contribution in [0.1, 0.15) is 18.4 Å². The second-order valence-corrected chi connectivity index (χ2v) is 5.58. The standard InChI is InChI=1S/C18H16FN5/c1-2-14-17-15(6-7-20-14)22-16(23-17)11-24-9-8-21-18(24)12-4-3-5-13(19)10-12/h3-10H,2,11H2,1H3,(H,22,23). The SMILES string of the molecule is CCc1nccc2[nH]c(Cn3ccnc3-c3cccc(F)c3)nc12. The second kappa shape index (κ2) is 5.88. The van der Waals surface area contributed by atoms with Gasteiger partial charge in [-0.25, -0.2) is 14.4 Å². The number of aryl methyl sites for hydroxylation is 1. The Kier molecular flexibility index (Phi) is 3.57. The predicted molar refractivity (Wildman–Crippen MR) is 90.0 cm³/mol. The summed E-state index contributed by atoms with van der Waals surface area (Å²) in [4.78, 5) is 16.7. The molecule has 24 heavy (non-hydrogen) atoms. The van der Waals surface area contributed by atoms with E-state index in [1.165, 1.54) is 12.1 Å². The molecular weight excluding hydrogens is 305 g/mol. The van der Waals surface area contributed by atoms with Crippen molar-refractivity contribution in [3.05, 3.63) is 66.3 Å². The molecule has 0 saturated heterocycles. The molecule has 0 radical (unpaired) electrons. The monoisotopic (exact) mass is 321 g/mol. The third-order valence-electron chi connectivity index (χ3n) is 3.98. The van der Waals surface area contributed by atoms with Crippen molar-refractivity contribution in [2.45, 2.75) is 19.9 Å². The van der Waals surface area contributed by atoms with Gasteiger partial charge in [0.2, 0.25) is 0 Å². The lowest BCUT2D eigenvalue weighted by molar-refractivity contribution is 0.628. The van der Waals surface area contributed by atoms with Gasteiger partial charge < -0.3 is 9.55 Å². The summed E-state index contributed by atoms with van der Waals surface area (Å²) in [6, 6.07) is 8.36. The zero-order valence-corrected chi connectivity index (χ0v) is 13.2. The Morgan fingerprint density at radius 2 is 2.08 bits per heavy atom. The minimum atomic E-state index is -0.274. The molecule has 5 nitrogen and oxygen atoms in total. The number of nitrogens with zero attached hydrogens (tertiary/aromatic N) is 4. The van der Waals surface area contributed by atoms with Crippen molar-refractivity contribution in [3.8, 4) is 11.4 Å². The number of halogens is 1. The first-order chi connectivity index (χ1) is 11.7. The summed E-state index contributed by atoms with van der Waals surface area (Å²) in [5, 5.41) is 0. The van der Waals surface area contributed by atoms with E-state index in [4.69, 9.17) is 0 Å². The van der Waals surface area contributed by atoms with Crippen LogP contribution >= 0.6 is 0 Å². The van der Waals surface area contributed by atoms with Crippen molar-refractivity contribution in [1.82, 2.24) is 24.5 Å². The van der Waals surface area contributed by atoms with E-state index in [2.05, 4.69) is 26.9 Å². The highest BCUT2D eigenvalue weighted by Gasteiger charge is 2.11. The molecule has 4 rings (SSSR count). The molecule has 120 valence electrons. The third kappa shape index (κ3) is 2.56. The molecule has 0 unspecified atom stereocenters. The van der Waals surface area contributed by atoms with Gasteiger partial charge >= 0.3 is 0 Å². The first kappa shape index (κ1) is 14.6. The van der Waals surface area contributed by atoms with E-state index in [9.17, 15) is 4.39 Å². The Morgan fingerprint density at radius 3 is 2.92 bits per heavy atom. The minimum absolute atomic E-state index is 0.274. The quantitative estimate of drug-likeness (QED) is 0.625. The number of rotatable bonds is 4. The zero-order chi connectivity index (χ0) is 16.5. The fourth-order valence-electron chi connectivity index (χ4n) is 2.86. The average molecular weight is 321 g/mol. The van der Waals surface area contributed by atoms with E-state index in [0.717, 1.165) is 34.5 Å². The number of hydrogen-bond acceptors (Lipinski definition) is 3. The van der Waals surface area contributed by atoms with Crippen LogP contribution in [0.5, 0.6) is 0 Å². The Morgan fingerprint density at radius 1 is 1.17 bits per heavy atom. The van der Waals surface area contributed by atoms with E-state index in [1.54, 1.807) is 18.5 Å². The maximum Gasteiger partial charge on any atom is 0.140 e. The van der Waals surface area contributed by atoms with Crippen molar-refractivity contribution >= 4 is 11.0 Å². The molecule has 0 bridgehead atoms. The van der Waals surface area contributed by atoms with Crippen LogP contribution in [0.15, 0.2) is 48.9 Å². The number of nitrogens with one attached hydrogen (secondary N) is 1. The molecule has 0 spiro atoms. The number of benzene rings is 1. The summed E-state index contributed by atoms with van der Waals surface area (Å²) < 4.78 is 15.4. The van der Waals surface area contributed by atoms with Crippen LogP contribution in [0.4, 0.5) is 4.39 Å². The second-order valence-electron chi connectivity index (χ2n) is 5.58. The lowest BCUT2D eigenvalue weighted by Crippen LogP contribution is -2.02. The topological polar surface area (TPSA) is 59.4 Å². The fourth-order valence-corrected chi connectivity index (χ4v) is 2.86. The number of hydrogen-bond donors (Lipinski definition) is 1. The predicted octanol–water partition coefficient (Wildman–Crippen LogP) is 3.57. The molecule has 0 aliphatic carbocycles. The number of fused-ring (bicyclic) bond motifs is 1. The number of H-pyrrole nitrogens is 1. The molecule has 3 aromatic heterocycles. The third-order valence-corrected chi connectivity index (χ3v) is 3.98. The smallest absolute Gasteiger partial charge is 0.140 e. The summed E-state index contributed by atoms with van der Waals surface area (Å²) in [7, 11) is 0. The average Bonchev–Trinajstić information content (AvgIpc) is 3.21. The molecular formula is C18H16FN5. The summed E-state index contributed by atoms with van der Waals surface area (Å²) >= 11 is 0. The van der Waals surface area contributed by atoms with Gasteiger partial charge in [0, 0.05) is 24.2 Å². The zero-order valence-electron chi connectivity index (χ0n) is 13.2. The van der Waals surface area contributed by atoms with Crippen LogP contribution in [-0.2, 0) is 13.0 Å². The van der Waals surface area contributed by atoms with Gasteiger partial charge in [-0.3, -0.25) is 4.98 Å². The van der Waals surface area contributed by atoms with Crippen molar-refractivity contribution in [1.29, 1.82) is 0 Å². The van der Waals surface area contributed by atoms with Gasteiger partial charge in [0.15, 0.2) is 0 Å². The highest BCUT2D eigenvalue weighted by molar-refractivity contribution is 5.77. The maximum atomic E-state index is 13.5. The van der Waals surface area contributed by atoms with E-state index < -0.39 is 0 Å². The van der Waals surface area contributed by atoms with E-state index in [1.807, 2.05) is 22.9 Å². The normalized spacial score (nSPS) is 11.2. The maximum absolute atomic E-state index is 13.5. The van der Waals surface area contributed by atoms with Crippen LogP contribution in [0.25, 0.3) is 22.4 Å². The number of aromatic amines is 1. The Hall–Kier alpha value is -3.02. The molecule has 1 N–H and O–H groups in total. The minimum Gasteiger partial charge on any atom is -0.340 e. The van der Waals surface area contributed by atoms with Gasteiger partial charge in [0.05, 0.1) is 17.8 Å². The van der Waals surface area contributed by atoms with E-state index >= 15 is 0 Å². The lowest BCUT2D eigenvalue weighted by atomic mass is 10.2. The molecule has 4 aromatic rings. The lowest BCUT2D eigenvalue weighted by Gasteiger charge is -2.06. The van der Waals surface area contributed by atoms with Crippen LogP contribution in [0.2, 0.25) is 0 Å². The van der Waals surface area contributed by atoms with Crippen molar-refractivity contribution < 1.29 is 4.39 Å². The van der Waals surface area contributed by atoms with Crippen molar-refractivity contribution in [3.63, 3.8) is 0 Å². The van der Waals surface area contributed by atoms with Crippen LogP contribution in [0.3, 0.4) is 0 Å². The van der Waals surface area contributed by atoms with Gasteiger partial charge in [-0.15, -0.1) is 0 Å². The molecule has 0 atom stereocenters. The Bertz CT molecular complexity index is 1000. The van der Waals surface area contributed by atoms with Crippen molar-refractivity contribution in [2.24, 2.45) is 0 Å². The summed E-state index contributed by atoms with van der Waals surface area (Å²) in [5.74, 6) is 1.26. The Labute approximate surface area is 138 Å². The molecule has 0 amide bonds. The van der Waals surface area contributed by atoms with Gasteiger partial charge in [0.25, 0.3) is 0 Å². The molecule has 0 saturated carbocycles. The van der Waals surface area contributed by atoms with E-state index in [0.29, 0.717) is 12.4 Å². The largest absolute Gasteiger partial charge is 0.340 e. The van der Waals surface area contributed by atoms with Gasteiger partial charge in [-0.05, 0) is 24.6 Å². The number of imidazole rings is 2. The first-order valence-electron chi connectivity index (χ1n) is 7.84. The molecule has 0 fully saturated rings. The first-order valence-corrected chi connectivity index (χ1v) is 7.84. The highest BCUT2D eigenvalue weighted by atomic mass is 19.1. The molecule has 0 aliphatic heterocycles. The summed E-state index contributed by atoms with van der Waals surface area (Å²) in [6.07, 6.45) is 6.20. The number of pyridine rings is 1. The summed E-state index contributed by atoms with van der Waals surface area (Å²) in [5.41, 5.74) is 3.60. The van der Waals surface area contributed by atoms with Crippen LogP contribution in [-0.4, -0.2) is 24.5 Å². The fraction of sp³-hybridized carbons (Fsp3) is 0.167. The van der Waals surface area contributed by atoms with Crippen LogP contribution < -0.4 is 0 Å². The van der Waals surface area contributed by atoms with Gasteiger partial charge in [-0.1, -0.05) is 19.1 Å². The van der Waals surface area contributed by atoms with E-state index in [-0.39, 0.29) is 5.82 Å². The highest BCUT2D eigenvalue weighted by Crippen LogP contribution is 2.20. The Balaban J connectivity index is 1.71. The molecule has 0 aliphatic rings. The van der Waals surface area contributed by atoms with Gasteiger partial charge in [0.1, 0.15) is 23.0 Å². The number of aromatic nitrogens is 5. The van der Waals surface area contributed by atoms with Crippen molar-refractivity contribution in [2.75, 3.05) is 0 Å². The summed E-state index contributed by atoms with van der Waals surface area (Å²) in [6.45, 7) is 2.59. The van der Waals surface area contributed by atoms with Crippen LogP contribution in [0, 0.1) is 5.82 Å². The molecule has 6 heteroatoms. The van der Waals surface area contributed by atoms with Gasteiger partial charge in [-0.2, -0.15) is 0 Å². The molecule has 3 heterocycles.